The van der Waals surface area contributed by atoms with Crippen LogP contribution in [0.5, 0.6) is 0 Å². The Kier molecular flexibility index (Phi) is 5.56. The van der Waals surface area contributed by atoms with E-state index in [0.717, 1.165) is 33.4 Å². The molecule has 1 N–H and O–H groups in total. The van der Waals surface area contributed by atoms with Crippen molar-refractivity contribution in [3.05, 3.63) is 33.5 Å². The molecule has 0 saturated heterocycles. The Morgan fingerprint density at radius 1 is 0.960 bits per heavy atom. The van der Waals surface area contributed by atoms with Crippen LogP contribution < -0.4 is 0 Å². The standard InChI is InChI=1S/C18H23N3O4/c1-7-24-18(23)17-16(19-21-20-17)15-11(4)9(2)14(8-25-13(6)22)10(3)12(15)5/h7-8H2,1-6H3,(H,19,20,21). The van der Waals surface area contributed by atoms with E-state index >= 15 is 0 Å². The van der Waals surface area contributed by atoms with E-state index in [4.69, 9.17) is 9.47 Å². The Bertz CT molecular complexity index is 795. The number of hydrogen-bond donors (Lipinski definition) is 1. The van der Waals surface area contributed by atoms with Crippen LogP contribution in [0.15, 0.2) is 0 Å². The smallest absolute Gasteiger partial charge is 0.361 e. The summed E-state index contributed by atoms with van der Waals surface area (Å²) in [7, 11) is 0. The van der Waals surface area contributed by atoms with Crippen LogP contribution >= 0.6 is 0 Å². The molecule has 1 heterocycles. The Morgan fingerprint density at radius 3 is 2.08 bits per heavy atom. The Labute approximate surface area is 146 Å². The zero-order chi connectivity index (χ0) is 18.7. The van der Waals surface area contributed by atoms with Gasteiger partial charge >= 0.3 is 11.9 Å². The highest BCUT2D eigenvalue weighted by Crippen LogP contribution is 2.35. The highest BCUT2D eigenvalue weighted by Gasteiger charge is 2.24. The number of hydrogen-bond acceptors (Lipinski definition) is 6. The van der Waals surface area contributed by atoms with Gasteiger partial charge in [0, 0.05) is 12.5 Å². The van der Waals surface area contributed by atoms with Crippen LogP contribution in [0.3, 0.4) is 0 Å². The maximum absolute atomic E-state index is 12.1. The van der Waals surface area contributed by atoms with Crippen molar-refractivity contribution in [3.63, 3.8) is 0 Å². The van der Waals surface area contributed by atoms with Gasteiger partial charge in [0.1, 0.15) is 12.3 Å². The SMILES string of the molecule is CCOC(=O)c1n[nH]nc1-c1c(C)c(C)c(COC(C)=O)c(C)c1C. The fraction of sp³-hybridized carbons (Fsp3) is 0.444. The quantitative estimate of drug-likeness (QED) is 0.837. The van der Waals surface area contributed by atoms with Crippen molar-refractivity contribution in [2.75, 3.05) is 6.61 Å². The van der Waals surface area contributed by atoms with Gasteiger partial charge in [0.15, 0.2) is 5.69 Å². The average molecular weight is 345 g/mol. The van der Waals surface area contributed by atoms with Gasteiger partial charge in [0.25, 0.3) is 0 Å². The summed E-state index contributed by atoms with van der Waals surface area (Å²) in [6, 6.07) is 0. The third kappa shape index (κ3) is 3.55. The molecule has 1 aromatic heterocycles. The minimum atomic E-state index is -0.510. The summed E-state index contributed by atoms with van der Waals surface area (Å²) in [6.07, 6.45) is 0. The first kappa shape index (κ1) is 18.6. The second kappa shape index (κ2) is 7.46. The molecule has 0 bridgehead atoms. The van der Waals surface area contributed by atoms with Gasteiger partial charge in [-0.1, -0.05) is 0 Å². The van der Waals surface area contributed by atoms with Crippen molar-refractivity contribution in [1.29, 1.82) is 0 Å². The topological polar surface area (TPSA) is 94.2 Å². The van der Waals surface area contributed by atoms with E-state index in [9.17, 15) is 9.59 Å². The van der Waals surface area contributed by atoms with Crippen LogP contribution in [0.1, 0.15) is 52.2 Å². The molecular formula is C18H23N3O4. The molecule has 0 aliphatic rings. The fourth-order valence-corrected chi connectivity index (χ4v) is 2.88. The second-order valence-electron chi connectivity index (χ2n) is 5.88. The first-order chi connectivity index (χ1) is 11.8. The molecule has 0 aliphatic heterocycles. The van der Waals surface area contributed by atoms with Gasteiger partial charge < -0.3 is 9.47 Å². The van der Waals surface area contributed by atoms with E-state index in [1.54, 1.807) is 6.92 Å². The maximum atomic E-state index is 12.1. The molecule has 0 amide bonds. The van der Waals surface area contributed by atoms with Crippen LogP contribution in [0.2, 0.25) is 0 Å². The lowest BCUT2D eigenvalue weighted by atomic mass is 9.87. The summed E-state index contributed by atoms with van der Waals surface area (Å²) in [5, 5.41) is 10.6. The second-order valence-corrected chi connectivity index (χ2v) is 5.88. The van der Waals surface area contributed by atoms with Gasteiger partial charge in [0.05, 0.1) is 6.61 Å². The number of aromatic nitrogens is 3. The van der Waals surface area contributed by atoms with E-state index in [0.29, 0.717) is 5.69 Å². The number of carbonyl (C=O) groups is 2. The predicted molar refractivity (Wildman–Crippen MR) is 92.2 cm³/mol. The van der Waals surface area contributed by atoms with Crippen molar-refractivity contribution in [2.45, 2.75) is 48.1 Å². The van der Waals surface area contributed by atoms with Gasteiger partial charge in [-0.15, -0.1) is 5.10 Å². The van der Waals surface area contributed by atoms with Crippen LogP contribution in [-0.4, -0.2) is 34.0 Å². The van der Waals surface area contributed by atoms with E-state index in [1.807, 2.05) is 27.7 Å². The zero-order valence-corrected chi connectivity index (χ0v) is 15.4. The number of nitrogens with one attached hydrogen (secondary N) is 1. The highest BCUT2D eigenvalue weighted by molar-refractivity contribution is 5.95. The highest BCUT2D eigenvalue weighted by atomic mass is 16.5. The lowest BCUT2D eigenvalue weighted by molar-refractivity contribution is -0.142. The first-order valence-electron chi connectivity index (χ1n) is 8.10. The summed E-state index contributed by atoms with van der Waals surface area (Å²) in [4.78, 5) is 23.3. The van der Waals surface area contributed by atoms with Gasteiger partial charge in [-0.3, -0.25) is 4.79 Å². The van der Waals surface area contributed by atoms with E-state index < -0.39 is 5.97 Å². The van der Waals surface area contributed by atoms with Gasteiger partial charge in [-0.2, -0.15) is 10.3 Å². The van der Waals surface area contributed by atoms with Crippen LogP contribution in [0, 0.1) is 27.7 Å². The van der Waals surface area contributed by atoms with E-state index in [-0.39, 0.29) is 24.9 Å². The molecule has 2 aromatic rings. The Balaban J connectivity index is 2.60. The van der Waals surface area contributed by atoms with E-state index in [1.165, 1.54) is 6.92 Å². The summed E-state index contributed by atoms with van der Waals surface area (Å²) in [5.41, 5.74) is 6.37. The minimum absolute atomic E-state index is 0.166. The molecule has 0 saturated carbocycles. The lowest BCUT2D eigenvalue weighted by Gasteiger charge is -2.19. The number of aromatic amines is 1. The summed E-state index contributed by atoms with van der Waals surface area (Å²) < 4.78 is 10.2. The molecule has 25 heavy (non-hydrogen) atoms. The molecule has 0 spiro atoms. The first-order valence-corrected chi connectivity index (χ1v) is 8.10. The van der Waals surface area contributed by atoms with Crippen molar-refractivity contribution < 1.29 is 19.1 Å². The zero-order valence-electron chi connectivity index (χ0n) is 15.4. The Hall–Kier alpha value is -2.70. The molecule has 2 rings (SSSR count). The molecule has 134 valence electrons. The van der Waals surface area contributed by atoms with Gasteiger partial charge in [-0.05, 0) is 62.4 Å². The average Bonchev–Trinajstić information content (AvgIpc) is 3.02. The largest absolute Gasteiger partial charge is 0.461 e. The number of H-pyrrole nitrogens is 1. The maximum Gasteiger partial charge on any atom is 0.361 e. The molecular weight excluding hydrogens is 322 g/mol. The number of ether oxygens (including phenoxy) is 2. The van der Waals surface area contributed by atoms with Crippen molar-refractivity contribution in [2.24, 2.45) is 0 Å². The molecule has 0 fully saturated rings. The number of carbonyl (C=O) groups excluding carboxylic acids is 2. The van der Waals surface area contributed by atoms with Crippen molar-refractivity contribution >= 4 is 11.9 Å². The van der Waals surface area contributed by atoms with Gasteiger partial charge in [0.2, 0.25) is 0 Å². The molecule has 1 aromatic carbocycles. The number of esters is 2. The van der Waals surface area contributed by atoms with E-state index in [2.05, 4.69) is 15.4 Å². The lowest BCUT2D eigenvalue weighted by Crippen LogP contribution is -2.10. The normalized spacial score (nSPS) is 10.6. The summed E-state index contributed by atoms with van der Waals surface area (Å²) in [5.74, 6) is -0.830. The predicted octanol–water partition coefficient (Wildman–Crippen LogP) is 2.95. The number of nitrogens with zero attached hydrogens (tertiary/aromatic N) is 2. The number of benzene rings is 1. The Morgan fingerprint density at radius 2 is 1.56 bits per heavy atom. The molecule has 0 atom stereocenters. The molecule has 0 aliphatic carbocycles. The summed E-state index contributed by atoms with van der Waals surface area (Å²) >= 11 is 0. The van der Waals surface area contributed by atoms with Crippen LogP contribution in [0.4, 0.5) is 0 Å². The molecule has 0 radical (unpaired) electrons. The molecule has 7 heteroatoms. The number of rotatable bonds is 5. The fourth-order valence-electron chi connectivity index (χ4n) is 2.88. The van der Waals surface area contributed by atoms with Crippen molar-refractivity contribution in [3.8, 4) is 11.3 Å². The molecule has 0 unspecified atom stereocenters. The summed E-state index contributed by atoms with van der Waals surface area (Å²) in [6.45, 7) is 11.5. The van der Waals surface area contributed by atoms with Crippen LogP contribution in [-0.2, 0) is 20.9 Å². The third-order valence-corrected chi connectivity index (χ3v) is 4.45. The van der Waals surface area contributed by atoms with Gasteiger partial charge in [-0.25, -0.2) is 4.79 Å². The monoisotopic (exact) mass is 345 g/mol. The minimum Gasteiger partial charge on any atom is -0.461 e. The van der Waals surface area contributed by atoms with Crippen LogP contribution in [0.25, 0.3) is 11.3 Å². The third-order valence-electron chi connectivity index (χ3n) is 4.45. The molecule has 7 nitrogen and oxygen atoms in total. The van der Waals surface area contributed by atoms with Crippen molar-refractivity contribution in [1.82, 2.24) is 15.4 Å².